The number of para-hydroxylation sites is 1. The Morgan fingerprint density at radius 1 is 1.25 bits per heavy atom. The van der Waals surface area contributed by atoms with Gasteiger partial charge in [0.1, 0.15) is 5.54 Å². The molecule has 0 amide bonds. The van der Waals surface area contributed by atoms with Gasteiger partial charge in [0.2, 0.25) is 0 Å². The van der Waals surface area contributed by atoms with Crippen LogP contribution in [0.25, 0.3) is 0 Å². The number of piperazine rings is 1. The van der Waals surface area contributed by atoms with Crippen molar-refractivity contribution in [3.05, 3.63) is 30.3 Å². The number of hydrogen-bond donors (Lipinski definition) is 1. The third kappa shape index (κ3) is 3.49. The highest BCUT2D eigenvalue weighted by molar-refractivity contribution is 5.80. The standard InChI is InChI=1S/C15H23N3O2/c1-15(16,14(19)20-2)12-17-8-10-18(11-9-17)13-6-4-3-5-7-13/h3-7H,8-12,16H2,1-2H3. The van der Waals surface area contributed by atoms with Gasteiger partial charge in [0, 0.05) is 38.4 Å². The van der Waals surface area contributed by atoms with Crippen molar-refractivity contribution in [1.29, 1.82) is 0 Å². The molecular formula is C15H23N3O2. The van der Waals surface area contributed by atoms with Crippen molar-refractivity contribution < 1.29 is 9.53 Å². The van der Waals surface area contributed by atoms with E-state index in [1.165, 1.54) is 12.8 Å². The van der Waals surface area contributed by atoms with Crippen LogP contribution in [0.3, 0.4) is 0 Å². The van der Waals surface area contributed by atoms with Crippen LogP contribution in [-0.4, -0.2) is 56.2 Å². The maximum absolute atomic E-state index is 11.6. The molecule has 5 heteroatoms. The van der Waals surface area contributed by atoms with Gasteiger partial charge in [-0.2, -0.15) is 0 Å². The third-order valence-electron chi connectivity index (χ3n) is 3.70. The number of nitrogens with two attached hydrogens (primary N) is 1. The number of rotatable bonds is 4. The van der Waals surface area contributed by atoms with Gasteiger partial charge in [0.25, 0.3) is 0 Å². The van der Waals surface area contributed by atoms with Gasteiger partial charge in [-0.3, -0.25) is 9.69 Å². The summed E-state index contributed by atoms with van der Waals surface area (Å²) in [5.74, 6) is -0.358. The SMILES string of the molecule is COC(=O)C(C)(N)CN1CCN(c2ccccc2)CC1. The average Bonchev–Trinajstić information content (AvgIpc) is 2.47. The molecule has 0 bridgehead atoms. The summed E-state index contributed by atoms with van der Waals surface area (Å²) < 4.78 is 4.75. The summed E-state index contributed by atoms with van der Waals surface area (Å²) in [7, 11) is 1.38. The summed E-state index contributed by atoms with van der Waals surface area (Å²) in [5.41, 5.74) is 6.32. The molecule has 1 saturated heterocycles. The van der Waals surface area contributed by atoms with Crippen LogP contribution < -0.4 is 10.6 Å². The summed E-state index contributed by atoms with van der Waals surface area (Å²) in [4.78, 5) is 16.2. The van der Waals surface area contributed by atoms with Crippen LogP contribution >= 0.6 is 0 Å². The minimum atomic E-state index is -0.941. The molecule has 1 aromatic rings. The Morgan fingerprint density at radius 2 is 1.85 bits per heavy atom. The van der Waals surface area contributed by atoms with Gasteiger partial charge >= 0.3 is 5.97 Å². The number of benzene rings is 1. The zero-order chi connectivity index (χ0) is 14.6. The van der Waals surface area contributed by atoms with Crippen LogP contribution in [0.4, 0.5) is 5.69 Å². The first-order valence-electron chi connectivity index (χ1n) is 6.92. The van der Waals surface area contributed by atoms with E-state index < -0.39 is 5.54 Å². The van der Waals surface area contributed by atoms with Crippen LogP contribution in [0.5, 0.6) is 0 Å². The monoisotopic (exact) mass is 277 g/mol. The maximum Gasteiger partial charge on any atom is 0.326 e. The first-order chi connectivity index (χ1) is 9.53. The molecule has 2 rings (SSSR count). The van der Waals surface area contributed by atoms with Crippen LogP contribution in [0.15, 0.2) is 30.3 Å². The largest absolute Gasteiger partial charge is 0.468 e. The topological polar surface area (TPSA) is 58.8 Å². The molecule has 1 heterocycles. The molecule has 0 saturated carbocycles. The summed E-state index contributed by atoms with van der Waals surface area (Å²) in [5, 5.41) is 0. The van der Waals surface area contributed by atoms with E-state index in [-0.39, 0.29) is 5.97 Å². The zero-order valence-electron chi connectivity index (χ0n) is 12.2. The van der Waals surface area contributed by atoms with Gasteiger partial charge in [-0.1, -0.05) is 18.2 Å². The third-order valence-corrected chi connectivity index (χ3v) is 3.70. The lowest BCUT2D eigenvalue weighted by Gasteiger charge is -2.38. The van der Waals surface area contributed by atoms with Gasteiger partial charge in [-0.15, -0.1) is 0 Å². The highest BCUT2D eigenvalue weighted by Gasteiger charge is 2.32. The van der Waals surface area contributed by atoms with E-state index in [2.05, 4.69) is 34.1 Å². The van der Waals surface area contributed by atoms with Crippen molar-refractivity contribution in [2.45, 2.75) is 12.5 Å². The number of ether oxygens (including phenoxy) is 1. The Balaban J connectivity index is 1.87. The van der Waals surface area contributed by atoms with E-state index >= 15 is 0 Å². The fraction of sp³-hybridized carbons (Fsp3) is 0.533. The minimum absolute atomic E-state index is 0.358. The van der Waals surface area contributed by atoms with E-state index in [0.29, 0.717) is 6.54 Å². The van der Waals surface area contributed by atoms with Gasteiger partial charge in [0.05, 0.1) is 7.11 Å². The predicted molar refractivity (Wildman–Crippen MR) is 79.7 cm³/mol. The summed E-state index contributed by atoms with van der Waals surface area (Å²) in [6.45, 7) is 5.95. The van der Waals surface area contributed by atoms with Crippen molar-refractivity contribution in [3.8, 4) is 0 Å². The van der Waals surface area contributed by atoms with Gasteiger partial charge in [0.15, 0.2) is 0 Å². The number of esters is 1. The van der Waals surface area contributed by atoms with E-state index in [1.54, 1.807) is 6.92 Å². The van der Waals surface area contributed by atoms with E-state index in [4.69, 9.17) is 10.5 Å². The van der Waals surface area contributed by atoms with Crippen molar-refractivity contribution in [2.75, 3.05) is 44.7 Å². The molecule has 1 aromatic carbocycles. The second-order valence-electron chi connectivity index (χ2n) is 5.51. The van der Waals surface area contributed by atoms with Crippen molar-refractivity contribution in [2.24, 2.45) is 5.73 Å². The molecule has 5 nitrogen and oxygen atoms in total. The molecule has 0 aliphatic carbocycles. The lowest BCUT2D eigenvalue weighted by molar-refractivity contribution is -0.147. The Bertz CT molecular complexity index is 440. The molecule has 110 valence electrons. The normalized spacial score (nSPS) is 19.4. The lowest BCUT2D eigenvalue weighted by Crippen LogP contribution is -2.58. The molecule has 1 atom stereocenters. The van der Waals surface area contributed by atoms with Crippen LogP contribution in [0, 0.1) is 0 Å². The Labute approximate surface area is 120 Å². The Hall–Kier alpha value is -1.59. The molecule has 1 aliphatic heterocycles. The van der Waals surface area contributed by atoms with E-state index in [9.17, 15) is 4.79 Å². The van der Waals surface area contributed by atoms with Crippen LogP contribution in [0.1, 0.15) is 6.92 Å². The number of anilines is 1. The molecule has 0 aromatic heterocycles. The molecule has 1 fully saturated rings. The van der Waals surface area contributed by atoms with Crippen molar-refractivity contribution in [3.63, 3.8) is 0 Å². The first-order valence-corrected chi connectivity index (χ1v) is 6.92. The highest BCUT2D eigenvalue weighted by Crippen LogP contribution is 2.16. The molecule has 1 unspecified atom stereocenters. The fourth-order valence-electron chi connectivity index (χ4n) is 2.57. The number of hydrogen-bond acceptors (Lipinski definition) is 5. The fourth-order valence-corrected chi connectivity index (χ4v) is 2.57. The smallest absolute Gasteiger partial charge is 0.326 e. The van der Waals surface area contributed by atoms with Gasteiger partial charge < -0.3 is 15.4 Å². The first kappa shape index (κ1) is 14.8. The van der Waals surface area contributed by atoms with Crippen LogP contribution in [-0.2, 0) is 9.53 Å². The quantitative estimate of drug-likeness (QED) is 0.821. The maximum atomic E-state index is 11.6. The Kier molecular flexibility index (Phi) is 4.62. The van der Waals surface area contributed by atoms with E-state index in [0.717, 1.165) is 26.2 Å². The van der Waals surface area contributed by atoms with Crippen molar-refractivity contribution >= 4 is 11.7 Å². The van der Waals surface area contributed by atoms with Crippen LogP contribution in [0.2, 0.25) is 0 Å². The van der Waals surface area contributed by atoms with Crippen molar-refractivity contribution in [1.82, 2.24) is 4.90 Å². The second-order valence-corrected chi connectivity index (χ2v) is 5.51. The average molecular weight is 277 g/mol. The summed E-state index contributed by atoms with van der Waals surface area (Å²) >= 11 is 0. The summed E-state index contributed by atoms with van der Waals surface area (Å²) in [6.07, 6.45) is 0. The molecule has 1 aliphatic rings. The number of carbonyl (C=O) groups excluding carboxylic acids is 1. The zero-order valence-corrected chi connectivity index (χ0v) is 12.2. The molecule has 0 spiro atoms. The van der Waals surface area contributed by atoms with E-state index in [1.807, 2.05) is 6.07 Å². The molecular weight excluding hydrogens is 254 g/mol. The van der Waals surface area contributed by atoms with Gasteiger partial charge in [-0.25, -0.2) is 0 Å². The lowest BCUT2D eigenvalue weighted by atomic mass is 10.0. The number of methoxy groups -OCH3 is 1. The Morgan fingerprint density at radius 3 is 2.40 bits per heavy atom. The van der Waals surface area contributed by atoms with Gasteiger partial charge in [-0.05, 0) is 19.1 Å². The predicted octanol–water partition coefficient (Wildman–Crippen LogP) is 0.699. The molecule has 2 N–H and O–H groups in total. The second kappa shape index (κ2) is 6.24. The molecule has 20 heavy (non-hydrogen) atoms. The molecule has 0 radical (unpaired) electrons. The summed E-state index contributed by atoms with van der Waals surface area (Å²) in [6, 6.07) is 10.4. The number of carbonyl (C=O) groups is 1. The number of nitrogens with zero attached hydrogens (tertiary/aromatic N) is 2. The minimum Gasteiger partial charge on any atom is -0.468 e. The highest BCUT2D eigenvalue weighted by atomic mass is 16.5.